The fourth-order valence-corrected chi connectivity index (χ4v) is 3.18. The van der Waals surface area contributed by atoms with Crippen LogP contribution in [-0.4, -0.2) is 14.5 Å². The van der Waals surface area contributed by atoms with Gasteiger partial charge in [-0.25, -0.2) is 9.97 Å². The van der Waals surface area contributed by atoms with Crippen LogP contribution in [0.4, 0.5) is 0 Å². The van der Waals surface area contributed by atoms with Gasteiger partial charge in [0.2, 0.25) is 0 Å². The molecule has 3 aromatic rings. The summed E-state index contributed by atoms with van der Waals surface area (Å²) in [5.41, 5.74) is 2.59. The summed E-state index contributed by atoms with van der Waals surface area (Å²) in [6.45, 7) is 7.28. The Bertz CT molecular complexity index is 836. The predicted octanol–water partition coefficient (Wildman–Crippen LogP) is 4.00. The number of rotatable bonds is 3. The first-order chi connectivity index (χ1) is 10.1. The average Bonchev–Trinajstić information content (AvgIpc) is 3.02. The van der Waals surface area contributed by atoms with Crippen LogP contribution in [-0.2, 0) is 6.54 Å². The molecule has 21 heavy (non-hydrogen) atoms. The van der Waals surface area contributed by atoms with Gasteiger partial charge in [-0.1, -0.05) is 13.8 Å². The number of thiazole rings is 1. The van der Waals surface area contributed by atoms with Crippen LogP contribution >= 0.6 is 11.3 Å². The van der Waals surface area contributed by atoms with Gasteiger partial charge in [0.15, 0.2) is 5.82 Å². The van der Waals surface area contributed by atoms with Crippen molar-refractivity contribution in [1.82, 2.24) is 14.5 Å². The lowest BCUT2D eigenvalue weighted by atomic mass is 10.2. The summed E-state index contributed by atoms with van der Waals surface area (Å²) in [6.07, 6.45) is 1.88. The zero-order valence-electron chi connectivity index (χ0n) is 12.3. The van der Waals surface area contributed by atoms with Crippen LogP contribution in [0.5, 0.6) is 0 Å². The molecule has 1 aromatic carbocycles. The van der Waals surface area contributed by atoms with E-state index in [1.165, 1.54) is 0 Å². The summed E-state index contributed by atoms with van der Waals surface area (Å²) in [6, 6.07) is 7.86. The Morgan fingerprint density at radius 3 is 2.81 bits per heavy atom. The summed E-state index contributed by atoms with van der Waals surface area (Å²) in [5, 5.41) is 10.1. The van der Waals surface area contributed by atoms with Crippen molar-refractivity contribution in [2.24, 2.45) is 5.92 Å². The minimum atomic E-state index is 0.519. The number of benzene rings is 1. The second kappa shape index (κ2) is 5.30. The first-order valence-corrected chi connectivity index (χ1v) is 7.73. The van der Waals surface area contributed by atoms with Crippen LogP contribution in [0.15, 0.2) is 24.4 Å². The van der Waals surface area contributed by atoms with Gasteiger partial charge in [-0.15, -0.1) is 11.3 Å². The second-order valence-corrected chi connectivity index (χ2v) is 6.73. The van der Waals surface area contributed by atoms with E-state index < -0.39 is 0 Å². The molecule has 0 spiro atoms. The third-order valence-corrected chi connectivity index (χ3v) is 4.18. The van der Waals surface area contributed by atoms with E-state index in [-0.39, 0.29) is 0 Å². The maximum atomic E-state index is 9.05. The highest BCUT2D eigenvalue weighted by Gasteiger charge is 2.15. The highest BCUT2D eigenvalue weighted by atomic mass is 32.1. The molecule has 0 unspecified atom stereocenters. The van der Waals surface area contributed by atoms with Gasteiger partial charge < -0.3 is 4.57 Å². The Morgan fingerprint density at radius 1 is 1.38 bits per heavy atom. The van der Waals surface area contributed by atoms with Crippen LogP contribution < -0.4 is 0 Å². The van der Waals surface area contributed by atoms with Crippen molar-refractivity contribution in [3.63, 3.8) is 0 Å². The molecular formula is C16H16N4S. The van der Waals surface area contributed by atoms with Gasteiger partial charge in [-0.05, 0) is 31.0 Å². The predicted molar refractivity (Wildman–Crippen MR) is 85.1 cm³/mol. The van der Waals surface area contributed by atoms with Gasteiger partial charge >= 0.3 is 0 Å². The molecule has 0 saturated heterocycles. The van der Waals surface area contributed by atoms with Crippen LogP contribution in [0.3, 0.4) is 0 Å². The van der Waals surface area contributed by atoms with Gasteiger partial charge in [0.1, 0.15) is 0 Å². The molecule has 0 bridgehead atoms. The standard InChI is InChI=1S/C16H16N4S/c1-10(2)9-20-14-5-4-12(7-17)6-13(14)19-16(20)15-8-18-11(3)21-15/h4-6,8,10H,9H2,1-3H3. The minimum absolute atomic E-state index is 0.519. The molecule has 2 aromatic heterocycles. The fourth-order valence-electron chi connectivity index (χ4n) is 2.40. The summed E-state index contributed by atoms with van der Waals surface area (Å²) >= 11 is 1.65. The van der Waals surface area contributed by atoms with Gasteiger partial charge in [0.05, 0.1) is 32.6 Å². The van der Waals surface area contributed by atoms with Crippen LogP contribution in [0.2, 0.25) is 0 Å². The van der Waals surface area contributed by atoms with Crippen molar-refractivity contribution in [2.45, 2.75) is 27.3 Å². The highest BCUT2D eigenvalue weighted by molar-refractivity contribution is 7.15. The molecule has 3 rings (SSSR count). The Hall–Kier alpha value is -2.19. The number of hydrogen-bond donors (Lipinski definition) is 0. The summed E-state index contributed by atoms with van der Waals surface area (Å²) < 4.78 is 2.23. The largest absolute Gasteiger partial charge is 0.323 e. The van der Waals surface area contributed by atoms with Gasteiger partial charge in [0.25, 0.3) is 0 Å². The third-order valence-electron chi connectivity index (χ3n) is 3.27. The SMILES string of the molecule is Cc1ncc(-c2nc3cc(C#N)ccc3n2CC(C)C)s1. The smallest absolute Gasteiger partial charge is 0.152 e. The lowest BCUT2D eigenvalue weighted by molar-refractivity contribution is 0.537. The molecule has 4 nitrogen and oxygen atoms in total. The number of aromatic nitrogens is 3. The number of aryl methyl sites for hydroxylation is 1. The molecule has 0 atom stereocenters. The molecule has 0 N–H and O–H groups in total. The summed E-state index contributed by atoms with van der Waals surface area (Å²) in [5.74, 6) is 1.46. The zero-order valence-corrected chi connectivity index (χ0v) is 13.1. The molecule has 5 heteroatoms. The van der Waals surface area contributed by atoms with E-state index in [4.69, 9.17) is 10.2 Å². The lowest BCUT2D eigenvalue weighted by Gasteiger charge is -2.10. The monoisotopic (exact) mass is 296 g/mol. The molecule has 106 valence electrons. The van der Waals surface area contributed by atoms with Crippen LogP contribution in [0.1, 0.15) is 24.4 Å². The maximum Gasteiger partial charge on any atom is 0.152 e. The van der Waals surface area contributed by atoms with E-state index in [2.05, 4.69) is 29.5 Å². The van der Waals surface area contributed by atoms with Gasteiger partial charge in [-0.2, -0.15) is 5.26 Å². The van der Waals surface area contributed by atoms with Crippen molar-refractivity contribution in [1.29, 1.82) is 5.26 Å². The molecule has 0 aliphatic rings. The number of hydrogen-bond acceptors (Lipinski definition) is 4. The zero-order chi connectivity index (χ0) is 15.0. The molecule has 0 fully saturated rings. The quantitative estimate of drug-likeness (QED) is 0.734. The Kier molecular flexibility index (Phi) is 3.48. The summed E-state index contributed by atoms with van der Waals surface area (Å²) in [7, 11) is 0. The maximum absolute atomic E-state index is 9.05. The number of nitriles is 1. The first-order valence-electron chi connectivity index (χ1n) is 6.91. The first kappa shape index (κ1) is 13.8. The molecule has 0 amide bonds. The van der Waals surface area contributed by atoms with E-state index in [0.717, 1.165) is 33.3 Å². The van der Waals surface area contributed by atoms with E-state index >= 15 is 0 Å². The van der Waals surface area contributed by atoms with Crippen molar-refractivity contribution in [3.8, 4) is 16.8 Å². The van der Waals surface area contributed by atoms with Crippen molar-refractivity contribution < 1.29 is 0 Å². The van der Waals surface area contributed by atoms with Crippen LogP contribution in [0.25, 0.3) is 21.7 Å². The molecule has 0 aliphatic carbocycles. The fraction of sp³-hybridized carbons (Fsp3) is 0.312. The van der Waals surface area contributed by atoms with Crippen LogP contribution in [0, 0.1) is 24.2 Å². The third kappa shape index (κ3) is 2.55. The average molecular weight is 296 g/mol. The number of fused-ring (bicyclic) bond motifs is 1. The Balaban J connectivity index is 2.24. The van der Waals surface area contributed by atoms with Gasteiger partial charge in [-0.3, -0.25) is 0 Å². The molecule has 2 heterocycles. The van der Waals surface area contributed by atoms with E-state index in [1.807, 2.05) is 31.3 Å². The highest BCUT2D eigenvalue weighted by Crippen LogP contribution is 2.30. The van der Waals surface area contributed by atoms with Crippen molar-refractivity contribution >= 4 is 22.4 Å². The normalized spacial score (nSPS) is 11.2. The van der Waals surface area contributed by atoms with Gasteiger partial charge in [0, 0.05) is 12.7 Å². The lowest BCUT2D eigenvalue weighted by Crippen LogP contribution is -2.05. The topological polar surface area (TPSA) is 54.5 Å². The number of imidazole rings is 1. The Labute approximate surface area is 127 Å². The molecule has 0 radical (unpaired) electrons. The molecule has 0 saturated carbocycles. The van der Waals surface area contributed by atoms with Crippen molar-refractivity contribution in [2.75, 3.05) is 0 Å². The second-order valence-electron chi connectivity index (χ2n) is 5.50. The van der Waals surface area contributed by atoms with Crippen molar-refractivity contribution in [3.05, 3.63) is 35.0 Å². The van der Waals surface area contributed by atoms with E-state index in [9.17, 15) is 0 Å². The van der Waals surface area contributed by atoms with E-state index in [1.54, 1.807) is 11.3 Å². The van der Waals surface area contributed by atoms with E-state index in [0.29, 0.717) is 11.5 Å². The Morgan fingerprint density at radius 2 is 2.19 bits per heavy atom. The number of nitrogens with zero attached hydrogens (tertiary/aromatic N) is 4. The molecule has 0 aliphatic heterocycles. The molecular weight excluding hydrogens is 280 g/mol. The minimum Gasteiger partial charge on any atom is -0.323 e. The summed E-state index contributed by atoms with van der Waals surface area (Å²) in [4.78, 5) is 10.1.